The SMILES string of the molecule is CC(C)Nc1ccc(-c2c(C#N)c3ccc(OCCCn4cccn4)cc3n2CC2CC2)cc1. The molecule has 2 aromatic carbocycles. The van der Waals surface area contributed by atoms with E-state index in [1.54, 1.807) is 6.20 Å². The van der Waals surface area contributed by atoms with Gasteiger partial charge in [-0.3, -0.25) is 4.68 Å². The molecule has 34 heavy (non-hydrogen) atoms. The van der Waals surface area contributed by atoms with Crippen LogP contribution >= 0.6 is 0 Å². The molecule has 1 fully saturated rings. The van der Waals surface area contributed by atoms with E-state index in [4.69, 9.17) is 4.74 Å². The normalized spacial score (nSPS) is 13.4. The average molecular weight is 454 g/mol. The second-order valence-corrected chi connectivity index (χ2v) is 9.42. The fourth-order valence-corrected chi connectivity index (χ4v) is 4.49. The number of benzene rings is 2. The minimum Gasteiger partial charge on any atom is -0.493 e. The smallest absolute Gasteiger partial charge is 0.121 e. The first-order chi connectivity index (χ1) is 16.6. The Morgan fingerprint density at radius 3 is 2.68 bits per heavy atom. The quantitative estimate of drug-likeness (QED) is 0.296. The topological polar surface area (TPSA) is 67.8 Å². The molecule has 0 amide bonds. The van der Waals surface area contributed by atoms with E-state index < -0.39 is 0 Å². The molecule has 1 N–H and O–H groups in total. The summed E-state index contributed by atoms with van der Waals surface area (Å²) in [4.78, 5) is 0. The highest BCUT2D eigenvalue weighted by Gasteiger charge is 2.26. The molecule has 2 aromatic heterocycles. The molecule has 0 radical (unpaired) electrons. The van der Waals surface area contributed by atoms with Crippen LogP contribution in [-0.4, -0.2) is 27.0 Å². The van der Waals surface area contributed by atoms with Gasteiger partial charge in [0.25, 0.3) is 0 Å². The Bertz CT molecular complexity index is 1290. The number of nitrogens with one attached hydrogen (secondary N) is 1. The van der Waals surface area contributed by atoms with Crippen LogP contribution in [0.15, 0.2) is 60.9 Å². The van der Waals surface area contributed by atoms with E-state index in [1.165, 1.54) is 12.8 Å². The number of aryl methyl sites for hydroxylation is 1. The minimum atomic E-state index is 0.375. The van der Waals surface area contributed by atoms with Crippen molar-refractivity contribution in [1.82, 2.24) is 14.3 Å². The highest BCUT2D eigenvalue weighted by Crippen LogP contribution is 2.39. The molecule has 0 saturated heterocycles. The zero-order chi connectivity index (χ0) is 23.5. The molecule has 2 heterocycles. The van der Waals surface area contributed by atoms with Crippen molar-refractivity contribution in [2.24, 2.45) is 5.92 Å². The number of rotatable bonds is 10. The van der Waals surface area contributed by atoms with E-state index in [1.807, 2.05) is 29.1 Å². The number of fused-ring (bicyclic) bond motifs is 1. The van der Waals surface area contributed by atoms with E-state index in [0.717, 1.165) is 58.7 Å². The first-order valence-corrected chi connectivity index (χ1v) is 12.2. The molecule has 0 aliphatic heterocycles. The molecule has 5 rings (SSSR count). The summed E-state index contributed by atoms with van der Waals surface area (Å²) in [5.41, 5.74) is 4.99. The van der Waals surface area contributed by atoms with Gasteiger partial charge in [-0.05, 0) is 68.5 Å². The van der Waals surface area contributed by atoms with Crippen LogP contribution in [0.1, 0.15) is 38.7 Å². The molecule has 6 heteroatoms. The van der Waals surface area contributed by atoms with Crippen molar-refractivity contribution in [3.63, 3.8) is 0 Å². The maximum atomic E-state index is 10.1. The van der Waals surface area contributed by atoms with Gasteiger partial charge in [-0.2, -0.15) is 10.4 Å². The fourth-order valence-electron chi connectivity index (χ4n) is 4.49. The predicted molar refractivity (Wildman–Crippen MR) is 136 cm³/mol. The maximum Gasteiger partial charge on any atom is 0.121 e. The van der Waals surface area contributed by atoms with Gasteiger partial charge in [0.1, 0.15) is 11.8 Å². The van der Waals surface area contributed by atoms with Crippen molar-refractivity contribution in [1.29, 1.82) is 5.26 Å². The summed E-state index contributed by atoms with van der Waals surface area (Å²) < 4.78 is 10.3. The van der Waals surface area contributed by atoms with Gasteiger partial charge in [-0.15, -0.1) is 0 Å². The molecule has 1 saturated carbocycles. The van der Waals surface area contributed by atoms with Crippen LogP contribution in [0.5, 0.6) is 5.75 Å². The maximum absolute atomic E-state index is 10.1. The lowest BCUT2D eigenvalue weighted by atomic mass is 10.1. The van der Waals surface area contributed by atoms with Crippen LogP contribution < -0.4 is 10.1 Å². The molecular formula is C28H31N5O. The molecular weight excluding hydrogens is 422 g/mol. The van der Waals surface area contributed by atoms with E-state index in [0.29, 0.717) is 18.6 Å². The lowest BCUT2D eigenvalue weighted by Crippen LogP contribution is -2.09. The Morgan fingerprint density at radius 2 is 2.00 bits per heavy atom. The van der Waals surface area contributed by atoms with Gasteiger partial charge in [0.05, 0.1) is 23.4 Å². The number of aromatic nitrogens is 3. The van der Waals surface area contributed by atoms with Crippen LogP contribution in [0.3, 0.4) is 0 Å². The minimum absolute atomic E-state index is 0.375. The summed E-state index contributed by atoms with van der Waals surface area (Å²) in [6.45, 7) is 6.65. The summed E-state index contributed by atoms with van der Waals surface area (Å²) in [7, 11) is 0. The summed E-state index contributed by atoms with van der Waals surface area (Å²) in [5, 5.41) is 18.8. The van der Waals surface area contributed by atoms with Gasteiger partial charge in [0.15, 0.2) is 0 Å². The van der Waals surface area contributed by atoms with Crippen molar-refractivity contribution < 1.29 is 4.74 Å². The molecule has 174 valence electrons. The standard InChI is InChI=1S/C28H31N5O/c1-20(2)31-23-9-7-22(8-10-23)28-26(18-29)25-12-11-24(17-27(25)33(28)19-21-5-6-21)34-16-4-15-32-14-3-13-30-32/h3,7-14,17,20-21,31H,4-6,15-16,19H2,1-2H3. The Balaban J connectivity index is 1.45. The number of nitrogens with zero attached hydrogens (tertiary/aromatic N) is 4. The van der Waals surface area contributed by atoms with E-state index in [9.17, 15) is 5.26 Å². The third-order valence-corrected chi connectivity index (χ3v) is 6.26. The predicted octanol–water partition coefficient (Wildman–Crippen LogP) is 6.08. The zero-order valence-corrected chi connectivity index (χ0v) is 19.9. The molecule has 6 nitrogen and oxygen atoms in total. The van der Waals surface area contributed by atoms with Gasteiger partial charge >= 0.3 is 0 Å². The number of hydrogen-bond donors (Lipinski definition) is 1. The van der Waals surface area contributed by atoms with Gasteiger partial charge in [-0.25, -0.2) is 0 Å². The fraction of sp³-hybridized carbons (Fsp3) is 0.357. The first kappa shape index (κ1) is 22.1. The largest absolute Gasteiger partial charge is 0.493 e. The monoisotopic (exact) mass is 453 g/mol. The van der Waals surface area contributed by atoms with Crippen molar-refractivity contribution in [3.05, 3.63) is 66.5 Å². The Hall–Kier alpha value is -3.72. The Labute approximate surface area is 200 Å². The van der Waals surface area contributed by atoms with Crippen LogP contribution in [0.4, 0.5) is 5.69 Å². The third kappa shape index (κ3) is 4.79. The van der Waals surface area contributed by atoms with Crippen molar-refractivity contribution in [2.45, 2.75) is 52.2 Å². The number of ether oxygens (including phenoxy) is 1. The van der Waals surface area contributed by atoms with Crippen LogP contribution in [-0.2, 0) is 13.1 Å². The molecule has 4 aromatic rings. The Morgan fingerprint density at radius 1 is 1.18 bits per heavy atom. The van der Waals surface area contributed by atoms with Gasteiger partial charge in [0, 0.05) is 55.1 Å². The zero-order valence-electron chi connectivity index (χ0n) is 19.9. The molecule has 0 atom stereocenters. The van der Waals surface area contributed by atoms with E-state index >= 15 is 0 Å². The summed E-state index contributed by atoms with van der Waals surface area (Å²) in [6, 6.07) is 19.4. The highest BCUT2D eigenvalue weighted by molar-refractivity contribution is 5.95. The molecule has 1 aliphatic rings. The summed E-state index contributed by atoms with van der Waals surface area (Å²) >= 11 is 0. The lowest BCUT2D eigenvalue weighted by Gasteiger charge is -2.13. The number of hydrogen-bond acceptors (Lipinski definition) is 4. The highest BCUT2D eigenvalue weighted by atomic mass is 16.5. The number of nitriles is 1. The molecule has 1 aliphatic carbocycles. The number of anilines is 1. The van der Waals surface area contributed by atoms with E-state index in [-0.39, 0.29) is 0 Å². The molecule has 0 unspecified atom stereocenters. The van der Waals surface area contributed by atoms with Crippen molar-refractivity contribution in [3.8, 4) is 23.1 Å². The second kappa shape index (κ2) is 9.64. The lowest BCUT2D eigenvalue weighted by molar-refractivity contribution is 0.299. The van der Waals surface area contributed by atoms with Crippen molar-refractivity contribution in [2.75, 3.05) is 11.9 Å². The second-order valence-electron chi connectivity index (χ2n) is 9.42. The van der Waals surface area contributed by atoms with Gasteiger partial charge in [-0.1, -0.05) is 12.1 Å². The van der Waals surface area contributed by atoms with Gasteiger partial charge in [0.2, 0.25) is 0 Å². The van der Waals surface area contributed by atoms with E-state index in [2.05, 4.69) is 65.2 Å². The Kier molecular flexibility index (Phi) is 6.27. The first-order valence-electron chi connectivity index (χ1n) is 12.2. The summed E-state index contributed by atoms with van der Waals surface area (Å²) in [5.74, 6) is 1.52. The van der Waals surface area contributed by atoms with Crippen molar-refractivity contribution >= 4 is 16.6 Å². The molecule has 0 bridgehead atoms. The molecule has 0 spiro atoms. The average Bonchev–Trinajstić information content (AvgIpc) is 3.40. The van der Waals surface area contributed by atoms with Gasteiger partial charge < -0.3 is 14.6 Å². The summed E-state index contributed by atoms with van der Waals surface area (Å²) in [6.07, 6.45) is 7.15. The van der Waals surface area contributed by atoms with Crippen LogP contribution in [0, 0.1) is 17.2 Å². The third-order valence-electron chi connectivity index (χ3n) is 6.26. The van der Waals surface area contributed by atoms with Crippen LogP contribution in [0.2, 0.25) is 0 Å². The van der Waals surface area contributed by atoms with Crippen LogP contribution in [0.25, 0.3) is 22.2 Å².